The van der Waals surface area contributed by atoms with Crippen LogP contribution in [0.5, 0.6) is 5.75 Å². The molecule has 1 aliphatic heterocycles. The number of hydrogen-bond donors (Lipinski definition) is 1. The van der Waals surface area contributed by atoms with E-state index in [9.17, 15) is 0 Å². The highest BCUT2D eigenvalue weighted by molar-refractivity contribution is 5.43. The summed E-state index contributed by atoms with van der Waals surface area (Å²) in [4.78, 5) is 2.70. The summed E-state index contributed by atoms with van der Waals surface area (Å²) < 4.78 is 5.43. The van der Waals surface area contributed by atoms with E-state index in [4.69, 9.17) is 4.74 Å². The molecule has 1 fully saturated rings. The van der Waals surface area contributed by atoms with Crippen molar-refractivity contribution in [3.63, 3.8) is 0 Å². The third kappa shape index (κ3) is 2.95. The van der Waals surface area contributed by atoms with Crippen molar-refractivity contribution in [2.75, 3.05) is 26.7 Å². The van der Waals surface area contributed by atoms with Gasteiger partial charge in [0.05, 0.1) is 7.11 Å². The summed E-state index contributed by atoms with van der Waals surface area (Å²) in [6.45, 7) is 8.20. The summed E-state index contributed by atoms with van der Waals surface area (Å²) >= 11 is 0. The number of nitrogens with zero attached hydrogens (tertiary/aromatic N) is 1. The first kappa shape index (κ1) is 14.9. The molecule has 0 aromatic heterocycles. The number of nitrogens with one attached hydrogen (secondary N) is 1. The van der Waals surface area contributed by atoms with Gasteiger partial charge in [-0.05, 0) is 61.5 Å². The molecule has 2 aliphatic rings. The fourth-order valence-electron chi connectivity index (χ4n) is 3.88. The van der Waals surface area contributed by atoms with E-state index in [1.807, 2.05) is 0 Å². The predicted molar refractivity (Wildman–Crippen MR) is 86.9 cm³/mol. The van der Waals surface area contributed by atoms with Crippen LogP contribution in [0, 0.1) is 5.92 Å². The largest absolute Gasteiger partial charge is 0.497 e. The number of methoxy groups -OCH3 is 1. The molecule has 0 bridgehead atoms. The molecular weight excluding hydrogens is 260 g/mol. The normalized spacial score (nSPS) is 28.8. The first-order valence-corrected chi connectivity index (χ1v) is 8.37. The van der Waals surface area contributed by atoms with Crippen molar-refractivity contribution >= 4 is 0 Å². The standard InChI is InChI=1S/C18H28N2O/c1-4-8-19-18-16-11-15(21-3)6-5-14(16)10-17(18)20-9-7-13(2)12-20/h5-6,11,13,17-19H,4,7-10,12H2,1-3H3. The van der Waals surface area contributed by atoms with Crippen molar-refractivity contribution in [2.24, 2.45) is 5.92 Å². The molecule has 3 rings (SSSR count). The molecule has 1 aromatic rings. The van der Waals surface area contributed by atoms with E-state index < -0.39 is 0 Å². The summed E-state index contributed by atoms with van der Waals surface area (Å²) in [5.41, 5.74) is 2.95. The van der Waals surface area contributed by atoms with E-state index in [0.29, 0.717) is 12.1 Å². The van der Waals surface area contributed by atoms with Crippen molar-refractivity contribution in [3.05, 3.63) is 29.3 Å². The highest BCUT2D eigenvalue weighted by atomic mass is 16.5. The van der Waals surface area contributed by atoms with Crippen LogP contribution in [0.15, 0.2) is 18.2 Å². The van der Waals surface area contributed by atoms with Crippen molar-refractivity contribution in [2.45, 2.75) is 45.2 Å². The zero-order valence-corrected chi connectivity index (χ0v) is 13.6. The van der Waals surface area contributed by atoms with E-state index in [-0.39, 0.29) is 0 Å². The Balaban J connectivity index is 1.84. The summed E-state index contributed by atoms with van der Waals surface area (Å²) in [6, 6.07) is 7.67. The highest BCUT2D eigenvalue weighted by Gasteiger charge is 2.38. The fraction of sp³-hybridized carbons (Fsp3) is 0.667. The van der Waals surface area contributed by atoms with Gasteiger partial charge in [0.2, 0.25) is 0 Å². The Kier molecular flexibility index (Phi) is 4.51. The fourth-order valence-corrected chi connectivity index (χ4v) is 3.88. The molecule has 21 heavy (non-hydrogen) atoms. The van der Waals surface area contributed by atoms with Gasteiger partial charge in [-0.15, -0.1) is 0 Å². The maximum absolute atomic E-state index is 5.43. The topological polar surface area (TPSA) is 24.5 Å². The van der Waals surface area contributed by atoms with Gasteiger partial charge in [-0.3, -0.25) is 4.90 Å². The molecule has 1 N–H and O–H groups in total. The summed E-state index contributed by atoms with van der Waals surface area (Å²) in [5, 5.41) is 3.78. The van der Waals surface area contributed by atoms with E-state index >= 15 is 0 Å². The molecule has 3 unspecified atom stereocenters. The molecule has 0 saturated carbocycles. The maximum Gasteiger partial charge on any atom is 0.119 e. The van der Waals surface area contributed by atoms with Gasteiger partial charge in [-0.1, -0.05) is 19.9 Å². The SMILES string of the molecule is CCCNC1c2cc(OC)ccc2CC1N1CCC(C)C1. The van der Waals surface area contributed by atoms with Gasteiger partial charge < -0.3 is 10.1 Å². The van der Waals surface area contributed by atoms with Crippen LogP contribution >= 0.6 is 0 Å². The maximum atomic E-state index is 5.43. The number of benzene rings is 1. The lowest BCUT2D eigenvalue weighted by Gasteiger charge is -2.30. The predicted octanol–water partition coefficient (Wildman–Crippen LogP) is 3.00. The quantitative estimate of drug-likeness (QED) is 0.901. The molecule has 3 nitrogen and oxygen atoms in total. The minimum absolute atomic E-state index is 0.459. The van der Waals surface area contributed by atoms with Crippen LogP contribution in [0.1, 0.15) is 43.9 Å². The van der Waals surface area contributed by atoms with Crippen LogP contribution in [0.3, 0.4) is 0 Å². The van der Waals surface area contributed by atoms with Crippen molar-refractivity contribution in [1.82, 2.24) is 10.2 Å². The molecule has 116 valence electrons. The van der Waals surface area contributed by atoms with Crippen molar-refractivity contribution in [1.29, 1.82) is 0 Å². The summed E-state index contributed by atoms with van der Waals surface area (Å²) in [5.74, 6) is 1.82. The number of likely N-dealkylation sites (tertiary alicyclic amines) is 1. The van der Waals surface area contributed by atoms with Gasteiger partial charge in [0.25, 0.3) is 0 Å². The Morgan fingerprint density at radius 1 is 1.38 bits per heavy atom. The second-order valence-electron chi connectivity index (χ2n) is 6.66. The molecule has 1 aliphatic carbocycles. The minimum atomic E-state index is 0.459. The first-order chi connectivity index (χ1) is 10.2. The number of fused-ring (bicyclic) bond motifs is 1. The molecule has 3 heteroatoms. The van der Waals surface area contributed by atoms with Crippen LogP contribution < -0.4 is 10.1 Å². The van der Waals surface area contributed by atoms with Crippen molar-refractivity contribution in [3.8, 4) is 5.75 Å². The Morgan fingerprint density at radius 3 is 2.90 bits per heavy atom. The molecule has 1 heterocycles. The van der Waals surface area contributed by atoms with E-state index in [0.717, 1.165) is 18.2 Å². The Labute approximate surface area is 128 Å². The molecular formula is C18H28N2O. The average molecular weight is 288 g/mol. The van der Waals surface area contributed by atoms with E-state index in [1.54, 1.807) is 7.11 Å². The number of hydrogen-bond acceptors (Lipinski definition) is 3. The van der Waals surface area contributed by atoms with Gasteiger partial charge >= 0.3 is 0 Å². The Morgan fingerprint density at radius 2 is 2.24 bits per heavy atom. The average Bonchev–Trinajstić information content (AvgIpc) is 3.07. The van der Waals surface area contributed by atoms with Crippen LogP contribution in [0.2, 0.25) is 0 Å². The highest BCUT2D eigenvalue weighted by Crippen LogP contribution is 2.38. The van der Waals surface area contributed by atoms with Gasteiger partial charge in [0, 0.05) is 18.6 Å². The lowest BCUT2D eigenvalue weighted by molar-refractivity contribution is 0.198. The molecule has 0 amide bonds. The number of rotatable bonds is 5. The van der Waals surface area contributed by atoms with Crippen LogP contribution in [-0.4, -0.2) is 37.7 Å². The smallest absolute Gasteiger partial charge is 0.119 e. The zero-order chi connectivity index (χ0) is 14.8. The monoisotopic (exact) mass is 288 g/mol. The Hall–Kier alpha value is -1.06. The first-order valence-electron chi connectivity index (χ1n) is 8.37. The third-order valence-electron chi connectivity index (χ3n) is 5.04. The van der Waals surface area contributed by atoms with Gasteiger partial charge in [0.1, 0.15) is 5.75 Å². The van der Waals surface area contributed by atoms with E-state index in [1.165, 1.54) is 43.5 Å². The van der Waals surface area contributed by atoms with Crippen LogP contribution in [-0.2, 0) is 6.42 Å². The second kappa shape index (κ2) is 6.37. The van der Waals surface area contributed by atoms with Crippen LogP contribution in [0.25, 0.3) is 0 Å². The lowest BCUT2D eigenvalue weighted by atomic mass is 10.1. The van der Waals surface area contributed by atoms with Crippen LogP contribution in [0.4, 0.5) is 0 Å². The zero-order valence-electron chi connectivity index (χ0n) is 13.6. The molecule has 0 radical (unpaired) electrons. The summed E-state index contributed by atoms with van der Waals surface area (Å²) in [6.07, 6.45) is 3.70. The minimum Gasteiger partial charge on any atom is -0.497 e. The van der Waals surface area contributed by atoms with E-state index in [2.05, 4.69) is 42.3 Å². The summed E-state index contributed by atoms with van der Waals surface area (Å²) in [7, 11) is 1.75. The lowest BCUT2D eigenvalue weighted by Crippen LogP contribution is -2.42. The Bertz CT molecular complexity index is 488. The molecule has 1 aromatic carbocycles. The number of ether oxygens (including phenoxy) is 1. The second-order valence-corrected chi connectivity index (χ2v) is 6.66. The van der Waals surface area contributed by atoms with Crippen molar-refractivity contribution < 1.29 is 4.74 Å². The molecule has 3 atom stereocenters. The molecule has 0 spiro atoms. The molecule has 1 saturated heterocycles. The third-order valence-corrected chi connectivity index (χ3v) is 5.04. The van der Waals surface area contributed by atoms with Gasteiger partial charge in [-0.25, -0.2) is 0 Å². The van der Waals surface area contributed by atoms with Gasteiger partial charge in [-0.2, -0.15) is 0 Å². The van der Waals surface area contributed by atoms with Gasteiger partial charge in [0.15, 0.2) is 0 Å².